The molecule has 4 heterocycles. The predicted molar refractivity (Wildman–Crippen MR) is 244 cm³/mol. The first-order valence-corrected chi connectivity index (χ1v) is 25.7. The molecule has 0 aromatic carbocycles. The lowest BCUT2D eigenvalue weighted by Crippen LogP contribution is -2.65. The molecular weight excluding hydrogens is 953 g/mol. The monoisotopic (exact) mass is 1030 g/mol. The number of aliphatic hydroxyl groups is 12. The summed E-state index contributed by atoms with van der Waals surface area (Å²) in [5, 5.41) is 125. The minimum absolute atomic E-state index is 0.00418. The maximum Gasteiger partial charge on any atom is 0.187 e. The van der Waals surface area contributed by atoms with E-state index in [1.165, 1.54) is 12.5 Å². The van der Waals surface area contributed by atoms with Crippen LogP contribution < -0.4 is 0 Å². The van der Waals surface area contributed by atoms with Gasteiger partial charge in [-0.2, -0.15) is 0 Å². The highest BCUT2D eigenvalue weighted by molar-refractivity contribution is 6.08. The Kier molecular flexibility index (Phi) is 17.6. The molecule has 0 aromatic heterocycles. The maximum absolute atomic E-state index is 14.1. The van der Waals surface area contributed by atoms with E-state index < -0.39 is 148 Å². The van der Waals surface area contributed by atoms with Crippen LogP contribution in [0.1, 0.15) is 92.4 Å². The van der Waals surface area contributed by atoms with Gasteiger partial charge in [-0.15, -0.1) is 0 Å². The van der Waals surface area contributed by atoms with Crippen LogP contribution in [0.3, 0.4) is 0 Å². The fourth-order valence-corrected chi connectivity index (χ4v) is 13.3. The van der Waals surface area contributed by atoms with E-state index in [1.807, 2.05) is 6.92 Å². The molecule has 4 saturated heterocycles. The highest BCUT2D eigenvalue weighted by Gasteiger charge is 2.61. The van der Waals surface area contributed by atoms with Crippen molar-refractivity contribution in [1.82, 2.24) is 0 Å². The van der Waals surface area contributed by atoms with Crippen molar-refractivity contribution < 1.29 is 109 Å². The minimum Gasteiger partial charge on any atom is -0.394 e. The van der Waals surface area contributed by atoms with Crippen molar-refractivity contribution in [1.29, 1.82) is 0 Å². The number of Topliss-reactive ketones (excluding diaryl/α,β-unsaturated/α-hetero) is 2. The van der Waals surface area contributed by atoms with Crippen LogP contribution >= 0.6 is 0 Å². The van der Waals surface area contributed by atoms with Gasteiger partial charge in [0.25, 0.3) is 0 Å². The number of hydrogen-bond donors (Lipinski definition) is 12. The molecule has 4 aliphatic heterocycles. The van der Waals surface area contributed by atoms with Crippen molar-refractivity contribution in [2.24, 2.45) is 34.5 Å². The molecule has 0 radical (unpaired) electrons. The Hall–Kier alpha value is -1.98. The lowest BCUT2D eigenvalue weighted by atomic mass is 9.47. The van der Waals surface area contributed by atoms with E-state index in [1.54, 1.807) is 6.92 Å². The number of aliphatic hydroxyl groups excluding tert-OH is 12. The zero-order valence-corrected chi connectivity index (χ0v) is 41.6. The fraction of sp³-hybridized carbons (Fsp3) is 0.880. The summed E-state index contributed by atoms with van der Waals surface area (Å²) in [7, 11) is 0. The quantitative estimate of drug-likeness (QED) is 0.0574. The van der Waals surface area contributed by atoms with Gasteiger partial charge in [-0.05, 0) is 98.9 Å². The Morgan fingerprint density at radius 3 is 1.92 bits per heavy atom. The summed E-state index contributed by atoms with van der Waals surface area (Å²) in [6, 6.07) is 0. The van der Waals surface area contributed by atoms with Crippen LogP contribution in [-0.4, -0.2) is 222 Å². The number of ether oxygens (including phenoxy) is 8. The molecule has 0 amide bonds. The van der Waals surface area contributed by atoms with Crippen LogP contribution in [0.5, 0.6) is 0 Å². The molecular formula is C50H78O22. The van der Waals surface area contributed by atoms with Crippen LogP contribution in [0.15, 0.2) is 22.8 Å². The molecule has 8 aliphatic rings. The maximum atomic E-state index is 14.1. The molecule has 0 spiro atoms. The Morgan fingerprint density at radius 1 is 0.667 bits per heavy atom. The van der Waals surface area contributed by atoms with E-state index in [2.05, 4.69) is 19.9 Å². The highest BCUT2D eigenvalue weighted by Crippen LogP contribution is 2.66. The molecule has 410 valence electrons. The molecule has 22 heteroatoms. The third-order valence-electron chi connectivity index (χ3n) is 17.8. The first-order valence-electron chi connectivity index (χ1n) is 25.7. The molecule has 12 N–H and O–H groups in total. The summed E-state index contributed by atoms with van der Waals surface area (Å²) < 4.78 is 47.3. The molecule has 3 saturated carbocycles. The summed E-state index contributed by atoms with van der Waals surface area (Å²) in [4.78, 5) is 27.9. The molecule has 8 rings (SSSR count). The number of hydrogen-bond acceptors (Lipinski definition) is 22. The summed E-state index contributed by atoms with van der Waals surface area (Å²) in [6.07, 6.45) is -21.1. The minimum atomic E-state index is -1.77. The van der Waals surface area contributed by atoms with Crippen molar-refractivity contribution >= 4 is 11.6 Å². The number of carbonyl (C=O) groups excluding carboxylic acids is 2. The van der Waals surface area contributed by atoms with E-state index in [-0.39, 0.29) is 53.7 Å². The van der Waals surface area contributed by atoms with Crippen LogP contribution in [0.25, 0.3) is 0 Å². The van der Waals surface area contributed by atoms with Gasteiger partial charge < -0.3 is 99.2 Å². The molecule has 7 fully saturated rings. The van der Waals surface area contributed by atoms with Gasteiger partial charge in [0.15, 0.2) is 36.7 Å². The van der Waals surface area contributed by atoms with Crippen LogP contribution in [0, 0.1) is 34.5 Å². The second-order valence-electron chi connectivity index (χ2n) is 22.2. The number of ketones is 2. The van der Waals surface area contributed by atoms with Crippen molar-refractivity contribution in [3.63, 3.8) is 0 Å². The first-order chi connectivity index (χ1) is 34.1. The van der Waals surface area contributed by atoms with Gasteiger partial charge >= 0.3 is 0 Å². The Morgan fingerprint density at radius 2 is 1.24 bits per heavy atom. The largest absolute Gasteiger partial charge is 0.394 e. The van der Waals surface area contributed by atoms with Gasteiger partial charge in [0, 0.05) is 18.4 Å². The average Bonchev–Trinajstić information content (AvgIpc) is 3.80. The second kappa shape index (κ2) is 22.5. The molecule has 0 bridgehead atoms. The van der Waals surface area contributed by atoms with Gasteiger partial charge in [-0.3, -0.25) is 9.59 Å². The second-order valence-corrected chi connectivity index (χ2v) is 22.2. The first kappa shape index (κ1) is 56.2. The number of rotatable bonds is 16. The van der Waals surface area contributed by atoms with E-state index in [0.29, 0.717) is 49.7 Å². The third-order valence-corrected chi connectivity index (χ3v) is 17.8. The smallest absolute Gasteiger partial charge is 0.187 e. The third kappa shape index (κ3) is 10.4. The van der Waals surface area contributed by atoms with Crippen molar-refractivity contribution in [3.05, 3.63) is 22.8 Å². The summed E-state index contributed by atoms with van der Waals surface area (Å²) in [5.41, 5.74) is 1.52. The number of fused-ring (bicyclic) bond motifs is 5. The predicted octanol–water partition coefficient (Wildman–Crippen LogP) is -2.25. The van der Waals surface area contributed by atoms with Gasteiger partial charge in [-0.1, -0.05) is 32.4 Å². The Balaban J connectivity index is 0.929. The standard InChI is InChI=1S/C50H78O22/c1-20(19-65-45-40(62)38(60)35(57)30(16-51)68-45)6-9-28(54)21(2)33-29(55)15-27-25-8-7-23-14-24(10-12-49(23,4)26(25)11-13-50(27,33)5)67-48-44(72-46-41(63)37(59)34(56)22(3)66-46)42(64)43(32(18-53)70-48)71-47-39(61)36(58)31(17-52)69-47/h7,20,22,24-27,30-32,34-48,51-53,56-64H,6,8-19H2,1-5H3. The van der Waals surface area contributed by atoms with Gasteiger partial charge in [0.2, 0.25) is 0 Å². The van der Waals surface area contributed by atoms with Crippen molar-refractivity contribution in [2.75, 3.05) is 26.4 Å². The average molecular weight is 1030 g/mol. The molecule has 72 heavy (non-hydrogen) atoms. The Labute approximate surface area is 418 Å². The molecule has 26 atom stereocenters. The molecule has 4 aliphatic carbocycles. The van der Waals surface area contributed by atoms with E-state index in [4.69, 9.17) is 37.9 Å². The summed E-state index contributed by atoms with van der Waals surface area (Å²) in [5.74, 6) is 0.120. The van der Waals surface area contributed by atoms with E-state index in [9.17, 15) is 70.9 Å². The van der Waals surface area contributed by atoms with Gasteiger partial charge in [0.05, 0.1) is 38.6 Å². The lowest BCUT2D eigenvalue weighted by molar-refractivity contribution is -0.380. The van der Waals surface area contributed by atoms with Crippen LogP contribution in [0.4, 0.5) is 0 Å². The molecule has 22 nitrogen and oxygen atoms in total. The molecule has 26 unspecified atom stereocenters. The zero-order chi connectivity index (χ0) is 52.3. The normalized spacial score (nSPS) is 49.7. The molecule has 0 aromatic rings. The fourth-order valence-electron chi connectivity index (χ4n) is 13.3. The van der Waals surface area contributed by atoms with E-state index in [0.717, 1.165) is 12.8 Å². The highest BCUT2D eigenvalue weighted by atomic mass is 16.8. The summed E-state index contributed by atoms with van der Waals surface area (Å²) in [6.45, 7) is 7.61. The lowest BCUT2D eigenvalue weighted by Gasteiger charge is -2.57. The van der Waals surface area contributed by atoms with E-state index >= 15 is 0 Å². The van der Waals surface area contributed by atoms with Gasteiger partial charge in [0.1, 0.15) is 85.5 Å². The van der Waals surface area contributed by atoms with Crippen molar-refractivity contribution in [2.45, 2.75) is 215 Å². The SMILES string of the molecule is CC(C(=O)CCC(C)COC1OC(CO)C(O)C(O)C1O)=C1C(=O)CC2C3CC=C4CC(OC5OC(CO)C(OC6OC(CO)C(O)C6O)C(O)C5OC5OC(C)C(O)C(O)C5O)CCC4(C)C3CCC12C. The van der Waals surface area contributed by atoms with Crippen molar-refractivity contribution in [3.8, 4) is 0 Å². The topological polar surface area (TPSA) is 351 Å². The summed E-state index contributed by atoms with van der Waals surface area (Å²) >= 11 is 0. The number of carbonyl (C=O) groups is 2. The van der Waals surface area contributed by atoms with Crippen LogP contribution in [-0.2, 0) is 47.5 Å². The van der Waals surface area contributed by atoms with Gasteiger partial charge in [-0.25, -0.2) is 0 Å². The zero-order valence-electron chi connectivity index (χ0n) is 41.6. The van der Waals surface area contributed by atoms with Crippen LogP contribution in [0.2, 0.25) is 0 Å². The number of allylic oxidation sites excluding steroid dienone is 3. The Bertz CT molecular complexity index is 1970.